The first kappa shape index (κ1) is 15.6. The first-order valence-electron chi connectivity index (χ1n) is 6.89. The van der Waals surface area contributed by atoms with Crippen LogP contribution in [0.1, 0.15) is 29.3 Å². The molecule has 0 unspecified atom stereocenters. The van der Waals surface area contributed by atoms with Crippen molar-refractivity contribution < 1.29 is 9.00 Å². The van der Waals surface area contributed by atoms with Gasteiger partial charge in [-0.05, 0) is 26.0 Å². The van der Waals surface area contributed by atoms with Crippen molar-refractivity contribution in [1.29, 1.82) is 0 Å². The number of aryl methyl sites for hydroxylation is 1. The quantitative estimate of drug-likeness (QED) is 0.832. The highest BCUT2D eigenvalue weighted by atomic mass is 32.2. The maximum atomic E-state index is 12.2. The molecular weight excluding hydrogens is 282 g/mol. The van der Waals surface area contributed by atoms with E-state index >= 15 is 0 Å². The van der Waals surface area contributed by atoms with Gasteiger partial charge in [0.05, 0.1) is 4.90 Å². The molecule has 0 amide bonds. The summed E-state index contributed by atoms with van der Waals surface area (Å²) < 4.78 is 15.1. The number of hydrogen-bond donors (Lipinski definition) is 1. The van der Waals surface area contributed by atoms with Crippen LogP contribution in [0.4, 0.5) is 0 Å². The number of Topliss-reactive ketones (excluding diaryl/α,β-unsaturated/α-hetero) is 1. The van der Waals surface area contributed by atoms with Gasteiger partial charge in [0.25, 0.3) is 0 Å². The van der Waals surface area contributed by atoms with Gasteiger partial charge in [0.15, 0.2) is 5.78 Å². The van der Waals surface area contributed by atoms with Crippen LogP contribution in [-0.2, 0) is 11.0 Å². The van der Waals surface area contributed by atoms with E-state index in [0.717, 1.165) is 10.5 Å². The fourth-order valence-corrected chi connectivity index (χ4v) is 2.94. The highest BCUT2D eigenvalue weighted by molar-refractivity contribution is 7.83. The Balaban J connectivity index is 1.92. The molecule has 2 rings (SSSR count). The zero-order chi connectivity index (χ0) is 15.2. The average Bonchev–Trinajstić information content (AvgIpc) is 2.48. The summed E-state index contributed by atoms with van der Waals surface area (Å²) in [6.07, 6.45) is 0.321. The maximum Gasteiger partial charge on any atom is 0.164 e. The molecule has 0 aromatic heterocycles. The van der Waals surface area contributed by atoms with Crippen molar-refractivity contribution in [3.63, 3.8) is 0 Å². The molecule has 2 atom stereocenters. The van der Waals surface area contributed by atoms with Crippen LogP contribution in [-0.4, -0.2) is 16.0 Å². The molecule has 2 aromatic carbocycles. The highest BCUT2D eigenvalue weighted by Crippen LogP contribution is 2.09. The standard InChI is InChI=1S/C17H19NO2S/c1-13-8-10-16(11-9-13)21(20)18-14(2)12-17(19)15-6-4-3-5-7-15/h3-11,14,18H,12H2,1-2H3/t14-,21-/m0/s1. The van der Waals surface area contributed by atoms with Crippen LogP contribution in [0.25, 0.3) is 0 Å². The van der Waals surface area contributed by atoms with Crippen molar-refractivity contribution >= 4 is 16.8 Å². The number of nitrogens with one attached hydrogen (secondary N) is 1. The Labute approximate surface area is 128 Å². The van der Waals surface area contributed by atoms with Crippen LogP contribution in [0.5, 0.6) is 0 Å². The van der Waals surface area contributed by atoms with Crippen LogP contribution >= 0.6 is 0 Å². The van der Waals surface area contributed by atoms with E-state index in [2.05, 4.69) is 4.72 Å². The lowest BCUT2D eigenvalue weighted by Gasteiger charge is -2.12. The SMILES string of the molecule is Cc1ccc([S@](=O)N[C@@H](C)CC(=O)c2ccccc2)cc1. The Bertz CT molecular complexity index is 623. The van der Waals surface area contributed by atoms with Crippen molar-refractivity contribution in [2.75, 3.05) is 0 Å². The minimum Gasteiger partial charge on any atom is -0.294 e. The fraction of sp³-hybridized carbons (Fsp3) is 0.235. The summed E-state index contributed by atoms with van der Waals surface area (Å²) in [6, 6.07) is 16.5. The van der Waals surface area contributed by atoms with E-state index in [0.29, 0.717) is 12.0 Å². The zero-order valence-electron chi connectivity index (χ0n) is 12.2. The molecule has 0 heterocycles. The molecule has 4 heteroatoms. The monoisotopic (exact) mass is 301 g/mol. The van der Waals surface area contributed by atoms with Crippen LogP contribution in [0.2, 0.25) is 0 Å². The molecule has 110 valence electrons. The minimum atomic E-state index is -1.30. The Morgan fingerprint density at radius 2 is 1.71 bits per heavy atom. The van der Waals surface area contributed by atoms with E-state index in [9.17, 15) is 9.00 Å². The predicted octanol–water partition coefficient (Wildman–Crippen LogP) is 3.27. The molecule has 0 aliphatic rings. The predicted molar refractivity (Wildman–Crippen MR) is 85.6 cm³/mol. The van der Waals surface area contributed by atoms with Gasteiger partial charge in [0.2, 0.25) is 0 Å². The lowest BCUT2D eigenvalue weighted by Crippen LogP contribution is -2.30. The molecule has 0 bridgehead atoms. The molecule has 0 saturated carbocycles. The Morgan fingerprint density at radius 1 is 1.10 bits per heavy atom. The summed E-state index contributed by atoms with van der Waals surface area (Å²) in [7, 11) is -1.30. The molecule has 0 fully saturated rings. The summed E-state index contributed by atoms with van der Waals surface area (Å²) >= 11 is 0. The zero-order valence-corrected chi connectivity index (χ0v) is 13.0. The van der Waals surface area contributed by atoms with E-state index in [1.807, 2.05) is 56.3 Å². The molecule has 0 spiro atoms. The molecule has 0 aliphatic heterocycles. The van der Waals surface area contributed by atoms with Crippen molar-refractivity contribution in [1.82, 2.24) is 4.72 Å². The van der Waals surface area contributed by atoms with Gasteiger partial charge >= 0.3 is 0 Å². The highest BCUT2D eigenvalue weighted by Gasteiger charge is 2.13. The summed E-state index contributed by atoms with van der Waals surface area (Å²) in [5.74, 6) is 0.0523. The second-order valence-corrected chi connectivity index (χ2v) is 6.34. The van der Waals surface area contributed by atoms with Crippen LogP contribution < -0.4 is 4.72 Å². The van der Waals surface area contributed by atoms with Crippen LogP contribution in [0.15, 0.2) is 59.5 Å². The third-order valence-electron chi connectivity index (χ3n) is 3.13. The van der Waals surface area contributed by atoms with E-state index in [1.165, 1.54) is 0 Å². The third-order valence-corrected chi connectivity index (χ3v) is 4.45. The Morgan fingerprint density at radius 3 is 2.33 bits per heavy atom. The van der Waals surface area contributed by atoms with Crippen LogP contribution in [0, 0.1) is 6.92 Å². The minimum absolute atomic E-state index is 0.0523. The van der Waals surface area contributed by atoms with Crippen molar-refractivity contribution in [2.45, 2.75) is 31.2 Å². The molecule has 2 aromatic rings. The van der Waals surface area contributed by atoms with Gasteiger partial charge in [-0.15, -0.1) is 0 Å². The van der Waals surface area contributed by atoms with E-state index in [-0.39, 0.29) is 11.8 Å². The summed E-state index contributed by atoms with van der Waals surface area (Å²) in [5, 5.41) is 0. The smallest absolute Gasteiger partial charge is 0.164 e. The van der Waals surface area contributed by atoms with E-state index < -0.39 is 11.0 Å². The third kappa shape index (κ3) is 4.62. The number of carbonyl (C=O) groups excluding carboxylic acids is 1. The van der Waals surface area contributed by atoms with E-state index in [1.54, 1.807) is 12.1 Å². The Hall–Kier alpha value is -1.78. The summed E-state index contributed by atoms with van der Waals surface area (Å²) in [5.41, 5.74) is 1.82. The molecule has 0 saturated heterocycles. The number of ketones is 1. The van der Waals surface area contributed by atoms with Crippen molar-refractivity contribution in [2.24, 2.45) is 0 Å². The van der Waals surface area contributed by atoms with Crippen LogP contribution in [0.3, 0.4) is 0 Å². The normalized spacial score (nSPS) is 13.6. The van der Waals surface area contributed by atoms with Gasteiger partial charge in [-0.1, -0.05) is 48.0 Å². The van der Waals surface area contributed by atoms with E-state index in [4.69, 9.17) is 0 Å². The molecule has 0 radical (unpaired) electrons. The number of rotatable bonds is 6. The second-order valence-electron chi connectivity index (χ2n) is 5.09. The average molecular weight is 301 g/mol. The largest absolute Gasteiger partial charge is 0.294 e. The molecule has 1 N–H and O–H groups in total. The molecular formula is C17H19NO2S. The van der Waals surface area contributed by atoms with Gasteiger partial charge < -0.3 is 0 Å². The van der Waals surface area contributed by atoms with Crippen molar-refractivity contribution in [3.05, 3.63) is 65.7 Å². The first-order valence-corrected chi connectivity index (χ1v) is 8.04. The second kappa shape index (κ2) is 7.29. The van der Waals surface area contributed by atoms with Gasteiger partial charge in [-0.3, -0.25) is 4.79 Å². The molecule has 21 heavy (non-hydrogen) atoms. The Kier molecular flexibility index (Phi) is 5.42. The molecule has 3 nitrogen and oxygen atoms in total. The van der Waals surface area contributed by atoms with Crippen molar-refractivity contribution in [3.8, 4) is 0 Å². The van der Waals surface area contributed by atoms with Gasteiger partial charge in [0.1, 0.15) is 11.0 Å². The summed E-state index contributed by atoms with van der Waals surface area (Å²) in [6.45, 7) is 3.86. The number of hydrogen-bond acceptors (Lipinski definition) is 2. The van der Waals surface area contributed by atoms with Gasteiger partial charge in [-0.25, -0.2) is 8.93 Å². The van der Waals surface area contributed by atoms with Gasteiger partial charge in [-0.2, -0.15) is 0 Å². The summed E-state index contributed by atoms with van der Waals surface area (Å²) in [4.78, 5) is 12.8. The maximum absolute atomic E-state index is 12.2. The molecule has 0 aliphatic carbocycles. The lowest BCUT2D eigenvalue weighted by molar-refractivity contribution is 0.0975. The fourth-order valence-electron chi connectivity index (χ4n) is 1.97. The first-order chi connectivity index (χ1) is 10.1. The topological polar surface area (TPSA) is 46.2 Å². The van der Waals surface area contributed by atoms with Gasteiger partial charge in [0, 0.05) is 18.0 Å². The number of benzene rings is 2. The lowest BCUT2D eigenvalue weighted by atomic mass is 10.1. The number of carbonyl (C=O) groups is 1.